The van der Waals surface area contributed by atoms with E-state index in [0.717, 1.165) is 0 Å². The van der Waals surface area contributed by atoms with Gasteiger partial charge in [0.05, 0.1) is 18.8 Å². The fourth-order valence-corrected chi connectivity index (χ4v) is 2.28. The Bertz CT molecular complexity index is 227. The van der Waals surface area contributed by atoms with Gasteiger partial charge in [-0.3, -0.25) is 4.57 Å². The van der Waals surface area contributed by atoms with Gasteiger partial charge in [0.2, 0.25) is 0 Å². The Balaban J connectivity index is -0.000000653. The average molecular weight is 344 g/mol. The predicted octanol–water partition coefficient (Wildman–Crippen LogP) is 2.18. The van der Waals surface area contributed by atoms with Crippen molar-refractivity contribution in [2.75, 3.05) is 12.8 Å². The van der Waals surface area contributed by atoms with Crippen LogP contribution in [0.4, 0.5) is 0 Å². The molecule has 17 heavy (non-hydrogen) atoms. The minimum atomic E-state index is -3.48. The Morgan fingerprint density at radius 3 is 2.53 bits per heavy atom. The van der Waals surface area contributed by atoms with Crippen molar-refractivity contribution >= 4 is 7.60 Å². The van der Waals surface area contributed by atoms with Crippen molar-refractivity contribution in [3.63, 3.8) is 0 Å². The Morgan fingerprint density at radius 1 is 1.53 bits per heavy atom. The van der Waals surface area contributed by atoms with Gasteiger partial charge in [-0.25, -0.2) is 6.61 Å². The van der Waals surface area contributed by atoms with Gasteiger partial charge >= 0.3 is 7.60 Å². The van der Waals surface area contributed by atoms with Crippen LogP contribution in [0.15, 0.2) is 0 Å². The van der Waals surface area contributed by atoms with Gasteiger partial charge in [-0.2, -0.15) is 0 Å². The van der Waals surface area contributed by atoms with Crippen LogP contribution < -0.4 is 0 Å². The molecule has 0 aromatic heterocycles. The monoisotopic (exact) mass is 344 g/mol. The second kappa shape index (κ2) is 11.0. The quantitative estimate of drug-likeness (QED) is 0.591. The number of aliphatic hydroxyl groups excluding tert-OH is 1. The summed E-state index contributed by atoms with van der Waals surface area (Å²) in [6.07, 6.45) is 0.0364. The van der Waals surface area contributed by atoms with Crippen LogP contribution in [0, 0.1) is 6.61 Å². The average Bonchev–Trinajstić information content (AvgIpc) is 2.48. The summed E-state index contributed by atoms with van der Waals surface area (Å²) in [6.45, 7) is 3.26. The maximum atomic E-state index is 11.3. The molecule has 1 aliphatic heterocycles. The zero-order valence-electron chi connectivity index (χ0n) is 8.70. The summed E-state index contributed by atoms with van der Waals surface area (Å²) >= 11 is 0. The molecule has 1 rings (SSSR count). The molecule has 1 saturated heterocycles. The molecule has 3 unspecified atom stereocenters. The van der Waals surface area contributed by atoms with Gasteiger partial charge in [-0.15, -0.1) is 6.42 Å². The smallest absolute Gasteiger partial charge is 0.328 e. The zero-order valence-corrected chi connectivity index (χ0v) is 12.4. The van der Waals surface area contributed by atoms with Crippen molar-refractivity contribution in [1.82, 2.24) is 0 Å². The molecule has 0 saturated carbocycles. The van der Waals surface area contributed by atoms with Gasteiger partial charge in [0.1, 0.15) is 0 Å². The molecule has 2 N–H and O–H groups in total. The van der Waals surface area contributed by atoms with Crippen LogP contribution in [0.25, 0.3) is 0 Å². The third kappa shape index (κ3) is 8.82. The maximum absolute atomic E-state index is 11.3. The standard InChI is InChI=1S/C8H16O5P.2CH4.Y/c1-2-5-14(10,11)13-6-8-7(9)3-4-12-8;;;/h4,7-9H,2-3,5-6H2,1H3,(H,10,11);2*1H4;/q-1;;;. The van der Waals surface area contributed by atoms with Gasteiger partial charge in [0.25, 0.3) is 0 Å². The summed E-state index contributed by atoms with van der Waals surface area (Å²) in [5.74, 6) is 0. The van der Waals surface area contributed by atoms with E-state index in [2.05, 4.69) is 0 Å². The van der Waals surface area contributed by atoms with Gasteiger partial charge in [0, 0.05) is 38.9 Å². The van der Waals surface area contributed by atoms with Crippen LogP contribution >= 0.6 is 7.60 Å². The number of rotatable bonds is 5. The largest absolute Gasteiger partial charge is 0.546 e. The van der Waals surface area contributed by atoms with Crippen LogP contribution in [0.3, 0.4) is 0 Å². The molecule has 0 aliphatic carbocycles. The predicted molar refractivity (Wildman–Crippen MR) is 64.2 cm³/mol. The summed E-state index contributed by atoms with van der Waals surface area (Å²) in [5.41, 5.74) is 0. The van der Waals surface area contributed by atoms with E-state index in [9.17, 15) is 14.6 Å². The van der Waals surface area contributed by atoms with Crippen molar-refractivity contribution in [2.24, 2.45) is 0 Å². The van der Waals surface area contributed by atoms with E-state index in [1.54, 1.807) is 6.92 Å². The topological polar surface area (TPSA) is 76.0 Å². The fourth-order valence-electron chi connectivity index (χ4n) is 1.21. The third-order valence-electron chi connectivity index (χ3n) is 1.98. The maximum Gasteiger partial charge on any atom is 0.328 e. The van der Waals surface area contributed by atoms with Gasteiger partial charge in [0.15, 0.2) is 0 Å². The van der Waals surface area contributed by atoms with E-state index in [1.807, 2.05) is 0 Å². The molecule has 1 radical (unpaired) electrons. The van der Waals surface area contributed by atoms with Crippen LogP contribution in [0.1, 0.15) is 34.6 Å². The SMILES string of the molecule is C.C.CCCP(=O)(O)OCC1O[CH-]CC1O.[Y]. The molecular weight excluding hydrogens is 320 g/mol. The second-order valence-corrected chi connectivity index (χ2v) is 5.28. The molecule has 1 fully saturated rings. The summed E-state index contributed by atoms with van der Waals surface area (Å²) in [4.78, 5) is 9.25. The molecule has 0 aromatic rings. The number of ether oxygens (including phenoxy) is 1. The molecule has 0 amide bonds. The first-order chi connectivity index (χ1) is 6.55. The molecule has 0 bridgehead atoms. The van der Waals surface area contributed by atoms with E-state index in [0.29, 0.717) is 12.8 Å². The summed E-state index contributed by atoms with van der Waals surface area (Å²) < 4.78 is 21.1. The van der Waals surface area contributed by atoms with Gasteiger partial charge in [-0.05, 0) is 6.42 Å². The summed E-state index contributed by atoms with van der Waals surface area (Å²) in [5, 5.41) is 9.31. The Kier molecular flexibility index (Phi) is 15.1. The van der Waals surface area contributed by atoms with Crippen LogP contribution in [-0.4, -0.2) is 35.0 Å². The van der Waals surface area contributed by atoms with Crippen molar-refractivity contribution in [3.05, 3.63) is 6.61 Å². The molecule has 1 heterocycles. The summed E-state index contributed by atoms with van der Waals surface area (Å²) in [7, 11) is -3.48. The number of hydrogen-bond donors (Lipinski definition) is 2. The van der Waals surface area contributed by atoms with Crippen LogP contribution in [0.5, 0.6) is 0 Å². The van der Waals surface area contributed by atoms with Crippen LogP contribution in [0.2, 0.25) is 0 Å². The van der Waals surface area contributed by atoms with Gasteiger partial charge < -0.3 is 19.3 Å². The molecule has 3 atom stereocenters. The van der Waals surface area contributed by atoms with E-state index in [1.165, 1.54) is 6.61 Å². The van der Waals surface area contributed by atoms with Crippen LogP contribution in [-0.2, 0) is 46.5 Å². The first-order valence-corrected chi connectivity index (χ1v) is 6.43. The fraction of sp³-hybridized carbons (Fsp3) is 0.900. The normalized spacial score (nSPS) is 26.1. The van der Waals surface area contributed by atoms with E-state index in [-0.39, 0.29) is 60.3 Å². The van der Waals surface area contributed by atoms with Gasteiger partial charge in [-0.1, -0.05) is 21.8 Å². The first-order valence-electron chi connectivity index (χ1n) is 4.66. The minimum Gasteiger partial charge on any atom is -0.546 e. The molecule has 1 aliphatic rings. The molecule has 103 valence electrons. The van der Waals surface area contributed by atoms with E-state index >= 15 is 0 Å². The number of hydrogen-bond acceptors (Lipinski definition) is 4. The van der Waals surface area contributed by atoms with E-state index < -0.39 is 19.8 Å². The third-order valence-corrected chi connectivity index (χ3v) is 3.55. The Hall–Kier alpha value is 1.17. The second-order valence-electron chi connectivity index (χ2n) is 3.30. The Labute approximate surface area is 130 Å². The summed E-state index contributed by atoms with van der Waals surface area (Å²) in [6, 6.07) is 0. The van der Waals surface area contributed by atoms with Crippen molar-refractivity contribution in [1.29, 1.82) is 0 Å². The first kappa shape index (κ1) is 23.3. The van der Waals surface area contributed by atoms with Crippen molar-refractivity contribution < 1.29 is 56.5 Å². The van der Waals surface area contributed by atoms with Crippen molar-refractivity contribution in [2.45, 2.75) is 46.8 Å². The molecule has 7 heteroatoms. The van der Waals surface area contributed by atoms with Crippen molar-refractivity contribution in [3.8, 4) is 0 Å². The zero-order chi connectivity index (χ0) is 10.6. The van der Waals surface area contributed by atoms with E-state index in [4.69, 9.17) is 9.26 Å². The molecule has 0 aromatic carbocycles. The molecule has 5 nitrogen and oxygen atoms in total. The molecular formula is C10H24O5PY-. The minimum absolute atomic E-state index is 0. The Morgan fingerprint density at radius 2 is 2.12 bits per heavy atom. The molecule has 0 spiro atoms. The number of aliphatic hydroxyl groups is 1.